The fourth-order valence-corrected chi connectivity index (χ4v) is 1.04. The van der Waals surface area contributed by atoms with Crippen LogP contribution in [-0.2, 0) is 0 Å². The van der Waals surface area contributed by atoms with Crippen LogP contribution in [0.2, 0.25) is 0 Å². The molecule has 1 saturated heterocycles. The Morgan fingerprint density at radius 1 is 1.20 bits per heavy atom. The average molecular weight is 142 g/mol. The summed E-state index contributed by atoms with van der Waals surface area (Å²) in [6, 6.07) is 0. The summed E-state index contributed by atoms with van der Waals surface area (Å²) in [5.41, 5.74) is 0. The van der Waals surface area contributed by atoms with E-state index < -0.39 is 0 Å². The normalized spacial score (nSPS) is 32.5. The van der Waals surface area contributed by atoms with Crippen LogP contribution in [0.15, 0.2) is 4.99 Å². The van der Waals surface area contributed by atoms with Gasteiger partial charge in [-0.25, -0.2) is 0 Å². The summed E-state index contributed by atoms with van der Waals surface area (Å²) >= 11 is 0. The standard InChI is InChI=1S/C6H14N4/c1-4-8-5(2)10-6(7-3)9-4/h4-5,8H,1-3H3,(H2,7,9,10). The van der Waals surface area contributed by atoms with Gasteiger partial charge in [0, 0.05) is 7.05 Å². The number of hydrogen-bond acceptors (Lipinski definition) is 2. The van der Waals surface area contributed by atoms with E-state index in [0.717, 1.165) is 5.96 Å². The summed E-state index contributed by atoms with van der Waals surface area (Å²) in [6.45, 7) is 4.12. The molecule has 1 rings (SSSR count). The predicted molar refractivity (Wildman–Crippen MR) is 41.7 cm³/mol. The van der Waals surface area contributed by atoms with Crippen molar-refractivity contribution in [1.82, 2.24) is 16.0 Å². The number of nitrogens with zero attached hydrogens (tertiary/aromatic N) is 1. The lowest BCUT2D eigenvalue weighted by Crippen LogP contribution is -2.63. The van der Waals surface area contributed by atoms with Gasteiger partial charge in [0.1, 0.15) is 0 Å². The Morgan fingerprint density at radius 2 is 1.70 bits per heavy atom. The van der Waals surface area contributed by atoms with Crippen LogP contribution in [-0.4, -0.2) is 25.3 Å². The number of aliphatic imine (C=N–C) groups is 1. The van der Waals surface area contributed by atoms with Crippen LogP contribution in [0.4, 0.5) is 0 Å². The third-order valence-electron chi connectivity index (χ3n) is 1.43. The second kappa shape index (κ2) is 2.88. The topological polar surface area (TPSA) is 48.5 Å². The van der Waals surface area contributed by atoms with Gasteiger partial charge in [0.2, 0.25) is 0 Å². The molecule has 1 aliphatic rings. The molecule has 3 N–H and O–H groups in total. The largest absolute Gasteiger partial charge is 0.341 e. The van der Waals surface area contributed by atoms with Crippen molar-refractivity contribution in [1.29, 1.82) is 0 Å². The van der Waals surface area contributed by atoms with Crippen molar-refractivity contribution in [3.63, 3.8) is 0 Å². The van der Waals surface area contributed by atoms with E-state index in [1.807, 2.05) is 0 Å². The molecule has 0 aromatic carbocycles. The van der Waals surface area contributed by atoms with Crippen LogP contribution in [0.5, 0.6) is 0 Å². The average Bonchev–Trinajstić information content (AvgIpc) is 1.85. The molecule has 0 radical (unpaired) electrons. The van der Waals surface area contributed by atoms with Gasteiger partial charge in [-0.15, -0.1) is 0 Å². The van der Waals surface area contributed by atoms with Gasteiger partial charge in [0.05, 0.1) is 12.3 Å². The maximum absolute atomic E-state index is 4.00. The highest BCUT2D eigenvalue weighted by molar-refractivity contribution is 5.80. The van der Waals surface area contributed by atoms with Gasteiger partial charge < -0.3 is 10.6 Å². The maximum atomic E-state index is 4.00. The molecular weight excluding hydrogens is 128 g/mol. The van der Waals surface area contributed by atoms with Gasteiger partial charge in [0.25, 0.3) is 0 Å². The van der Waals surface area contributed by atoms with Crippen LogP contribution >= 0.6 is 0 Å². The maximum Gasteiger partial charge on any atom is 0.193 e. The van der Waals surface area contributed by atoms with Crippen LogP contribution in [0, 0.1) is 0 Å². The Hall–Kier alpha value is -0.770. The Balaban J connectivity index is 2.51. The molecule has 0 bridgehead atoms. The third-order valence-corrected chi connectivity index (χ3v) is 1.43. The zero-order chi connectivity index (χ0) is 7.56. The zero-order valence-electron chi connectivity index (χ0n) is 6.60. The molecule has 0 saturated carbocycles. The first-order chi connectivity index (χ1) is 4.72. The Kier molecular flexibility index (Phi) is 2.11. The molecule has 1 fully saturated rings. The molecule has 0 aromatic rings. The summed E-state index contributed by atoms with van der Waals surface area (Å²) in [6.07, 6.45) is 0.602. The quantitative estimate of drug-likeness (QED) is 0.425. The smallest absolute Gasteiger partial charge is 0.193 e. The molecule has 10 heavy (non-hydrogen) atoms. The highest BCUT2D eigenvalue weighted by atomic mass is 15.4. The van der Waals surface area contributed by atoms with Crippen LogP contribution in [0.3, 0.4) is 0 Å². The van der Waals surface area contributed by atoms with Gasteiger partial charge in [-0.1, -0.05) is 0 Å². The molecule has 1 heterocycles. The zero-order valence-corrected chi connectivity index (χ0v) is 6.60. The molecule has 58 valence electrons. The van der Waals surface area contributed by atoms with E-state index in [1.54, 1.807) is 7.05 Å². The molecule has 0 aromatic heterocycles. The summed E-state index contributed by atoms with van der Waals surface area (Å²) in [5, 5.41) is 9.49. The monoisotopic (exact) mass is 142 g/mol. The van der Waals surface area contributed by atoms with E-state index in [4.69, 9.17) is 0 Å². The van der Waals surface area contributed by atoms with Gasteiger partial charge in [-0.3, -0.25) is 10.3 Å². The number of hydrogen-bond donors (Lipinski definition) is 3. The summed E-state index contributed by atoms with van der Waals surface area (Å²) in [5.74, 6) is 0.860. The van der Waals surface area contributed by atoms with Crippen molar-refractivity contribution in [3.8, 4) is 0 Å². The predicted octanol–water partition coefficient (Wildman–Crippen LogP) is -0.553. The van der Waals surface area contributed by atoms with Crippen LogP contribution in [0.25, 0.3) is 0 Å². The second-order valence-corrected chi connectivity index (χ2v) is 2.47. The number of guanidine groups is 1. The van der Waals surface area contributed by atoms with E-state index in [1.165, 1.54) is 0 Å². The van der Waals surface area contributed by atoms with E-state index in [0.29, 0.717) is 12.3 Å². The Morgan fingerprint density at radius 3 is 2.10 bits per heavy atom. The molecule has 4 nitrogen and oxygen atoms in total. The summed E-state index contributed by atoms with van der Waals surface area (Å²) in [7, 11) is 1.76. The molecule has 2 unspecified atom stereocenters. The second-order valence-electron chi connectivity index (χ2n) is 2.47. The van der Waals surface area contributed by atoms with Crippen LogP contribution < -0.4 is 16.0 Å². The van der Waals surface area contributed by atoms with Crippen molar-refractivity contribution in [2.75, 3.05) is 7.05 Å². The first-order valence-electron chi connectivity index (χ1n) is 3.48. The fourth-order valence-electron chi connectivity index (χ4n) is 1.04. The fraction of sp³-hybridized carbons (Fsp3) is 0.833. The van der Waals surface area contributed by atoms with Crippen molar-refractivity contribution >= 4 is 5.96 Å². The van der Waals surface area contributed by atoms with Gasteiger partial charge in [-0.05, 0) is 13.8 Å². The minimum atomic E-state index is 0.301. The minimum Gasteiger partial charge on any atom is -0.341 e. The molecular formula is C6H14N4. The lowest BCUT2D eigenvalue weighted by Gasteiger charge is -2.30. The van der Waals surface area contributed by atoms with Crippen molar-refractivity contribution in [2.24, 2.45) is 4.99 Å². The molecule has 2 atom stereocenters. The van der Waals surface area contributed by atoms with Crippen molar-refractivity contribution < 1.29 is 0 Å². The Bertz CT molecular complexity index is 131. The highest BCUT2D eigenvalue weighted by Gasteiger charge is 2.14. The van der Waals surface area contributed by atoms with Crippen molar-refractivity contribution in [2.45, 2.75) is 26.2 Å². The first-order valence-corrected chi connectivity index (χ1v) is 3.48. The Labute approximate surface area is 61.1 Å². The van der Waals surface area contributed by atoms with Gasteiger partial charge in [0.15, 0.2) is 5.96 Å². The number of rotatable bonds is 0. The minimum absolute atomic E-state index is 0.301. The summed E-state index contributed by atoms with van der Waals surface area (Å²) in [4.78, 5) is 4.00. The van der Waals surface area contributed by atoms with Crippen molar-refractivity contribution in [3.05, 3.63) is 0 Å². The van der Waals surface area contributed by atoms with Gasteiger partial charge in [-0.2, -0.15) is 0 Å². The molecule has 4 heteroatoms. The van der Waals surface area contributed by atoms with E-state index in [2.05, 4.69) is 34.8 Å². The third kappa shape index (κ3) is 1.60. The SMILES string of the molecule is CN=C1NC(C)NC(C)N1. The molecule has 0 spiro atoms. The molecule has 0 aliphatic carbocycles. The molecule has 1 aliphatic heterocycles. The molecule has 0 amide bonds. The number of nitrogens with one attached hydrogen (secondary N) is 3. The highest BCUT2D eigenvalue weighted by Crippen LogP contribution is 1.87. The lowest BCUT2D eigenvalue weighted by atomic mass is 10.4. The van der Waals surface area contributed by atoms with E-state index in [-0.39, 0.29) is 0 Å². The van der Waals surface area contributed by atoms with E-state index in [9.17, 15) is 0 Å². The van der Waals surface area contributed by atoms with E-state index >= 15 is 0 Å². The lowest BCUT2D eigenvalue weighted by molar-refractivity contribution is 0.387. The summed E-state index contributed by atoms with van der Waals surface area (Å²) < 4.78 is 0. The first kappa shape index (κ1) is 7.34. The van der Waals surface area contributed by atoms with Gasteiger partial charge >= 0.3 is 0 Å². The van der Waals surface area contributed by atoms with Crippen LogP contribution in [0.1, 0.15) is 13.8 Å².